The third-order valence-electron chi connectivity index (χ3n) is 3.71. The Morgan fingerprint density at radius 3 is 2.30 bits per heavy atom. The van der Waals surface area contributed by atoms with Crippen LogP contribution in [0.3, 0.4) is 0 Å². The van der Waals surface area contributed by atoms with Gasteiger partial charge in [0.15, 0.2) is 15.6 Å². The largest absolute Gasteiger partial charge is 0.293 e. The quantitative estimate of drug-likeness (QED) is 0.604. The summed E-state index contributed by atoms with van der Waals surface area (Å²) in [6, 6.07) is 12.4. The van der Waals surface area contributed by atoms with Crippen LogP contribution in [0.2, 0.25) is 0 Å². The first-order valence-corrected chi connectivity index (χ1v) is 10.0. The second-order valence-corrected chi connectivity index (χ2v) is 9.01. The smallest absolute Gasteiger partial charge is 0.176 e. The van der Waals surface area contributed by atoms with E-state index in [1.807, 2.05) is 32.0 Å². The minimum absolute atomic E-state index is 0.00130. The average molecular weight is 348 g/mol. The molecular weight excluding hydrogens is 328 g/mol. The van der Waals surface area contributed by atoms with E-state index in [1.54, 1.807) is 31.2 Å². The summed E-state index contributed by atoms with van der Waals surface area (Å²) in [5.41, 5.74) is 2.87. The van der Waals surface area contributed by atoms with Crippen molar-refractivity contribution in [2.24, 2.45) is 0 Å². The van der Waals surface area contributed by atoms with Crippen molar-refractivity contribution >= 4 is 27.4 Å². The number of thioether (sulfide) groups is 1. The molecule has 2 rings (SSSR count). The van der Waals surface area contributed by atoms with Gasteiger partial charge in [-0.3, -0.25) is 4.79 Å². The molecule has 0 N–H and O–H groups in total. The van der Waals surface area contributed by atoms with Crippen LogP contribution < -0.4 is 0 Å². The third kappa shape index (κ3) is 4.24. The van der Waals surface area contributed by atoms with Crippen LogP contribution in [0.4, 0.5) is 0 Å². The highest BCUT2D eigenvalue weighted by Crippen LogP contribution is 2.31. The summed E-state index contributed by atoms with van der Waals surface area (Å²) in [6.07, 6.45) is 1.18. The van der Waals surface area contributed by atoms with Crippen molar-refractivity contribution in [3.63, 3.8) is 0 Å². The Hall–Kier alpha value is -1.59. The lowest BCUT2D eigenvalue weighted by molar-refractivity contribution is 0.0994. The first kappa shape index (κ1) is 17.8. The van der Waals surface area contributed by atoms with E-state index < -0.39 is 9.84 Å². The van der Waals surface area contributed by atoms with Crippen molar-refractivity contribution in [1.29, 1.82) is 0 Å². The molecule has 1 atom stereocenters. The number of benzene rings is 2. The first-order valence-electron chi connectivity index (χ1n) is 7.27. The van der Waals surface area contributed by atoms with Gasteiger partial charge in [0, 0.05) is 16.7 Å². The molecule has 0 aliphatic carbocycles. The molecule has 0 aliphatic heterocycles. The molecule has 0 aromatic heterocycles. The maximum Gasteiger partial charge on any atom is 0.176 e. The minimum Gasteiger partial charge on any atom is -0.293 e. The Labute approximate surface area is 142 Å². The van der Waals surface area contributed by atoms with E-state index >= 15 is 0 Å². The van der Waals surface area contributed by atoms with Gasteiger partial charge in [-0.2, -0.15) is 0 Å². The second kappa shape index (κ2) is 6.89. The van der Waals surface area contributed by atoms with Crippen LogP contribution >= 0.6 is 11.8 Å². The number of rotatable bonds is 5. The number of carbonyl (C=O) groups is 1. The van der Waals surface area contributed by atoms with Crippen LogP contribution in [0, 0.1) is 13.8 Å². The third-order valence-corrected chi connectivity index (χ3v) is 6.17. The van der Waals surface area contributed by atoms with Crippen LogP contribution in [0.25, 0.3) is 0 Å². The van der Waals surface area contributed by atoms with Gasteiger partial charge in [0.2, 0.25) is 0 Å². The SMILES string of the molecule is Cc1ccc(C(=O)[C@H](C)Sc2ccccc2S(C)(=O)=O)cc1C. The van der Waals surface area contributed by atoms with Crippen molar-refractivity contribution in [3.8, 4) is 0 Å². The molecule has 0 aliphatic rings. The van der Waals surface area contributed by atoms with Crippen LogP contribution in [0.15, 0.2) is 52.3 Å². The van der Waals surface area contributed by atoms with Crippen molar-refractivity contribution in [1.82, 2.24) is 0 Å². The number of ketones is 1. The van der Waals surface area contributed by atoms with Gasteiger partial charge in [-0.15, -0.1) is 11.8 Å². The summed E-state index contributed by atoms with van der Waals surface area (Å²) in [6.45, 7) is 5.79. The highest BCUT2D eigenvalue weighted by Gasteiger charge is 2.20. The zero-order valence-corrected chi connectivity index (χ0v) is 15.3. The number of Topliss-reactive ketones (excluding diaryl/α,β-unsaturated/α-hetero) is 1. The predicted molar refractivity (Wildman–Crippen MR) is 95.1 cm³/mol. The Morgan fingerprint density at radius 2 is 1.70 bits per heavy atom. The Balaban J connectivity index is 2.27. The van der Waals surface area contributed by atoms with Crippen LogP contribution in [0.1, 0.15) is 28.4 Å². The van der Waals surface area contributed by atoms with Gasteiger partial charge in [-0.25, -0.2) is 8.42 Å². The molecule has 0 fully saturated rings. The van der Waals surface area contributed by atoms with Gasteiger partial charge < -0.3 is 0 Å². The van der Waals surface area contributed by atoms with Crippen LogP contribution in [0.5, 0.6) is 0 Å². The topological polar surface area (TPSA) is 51.2 Å². The van der Waals surface area contributed by atoms with E-state index in [1.165, 1.54) is 18.0 Å². The molecule has 0 radical (unpaired) electrons. The average Bonchev–Trinajstić information content (AvgIpc) is 2.48. The van der Waals surface area contributed by atoms with Crippen molar-refractivity contribution in [2.45, 2.75) is 35.8 Å². The molecule has 0 unspecified atom stereocenters. The van der Waals surface area contributed by atoms with Crippen LogP contribution in [-0.2, 0) is 9.84 Å². The zero-order chi connectivity index (χ0) is 17.2. The maximum absolute atomic E-state index is 12.6. The molecule has 5 heteroatoms. The number of hydrogen-bond acceptors (Lipinski definition) is 4. The van der Waals surface area contributed by atoms with Crippen molar-refractivity contribution < 1.29 is 13.2 Å². The zero-order valence-electron chi connectivity index (χ0n) is 13.7. The highest BCUT2D eigenvalue weighted by atomic mass is 32.2. The van der Waals surface area contributed by atoms with Gasteiger partial charge in [0.1, 0.15) is 0 Å². The first-order chi connectivity index (χ1) is 10.7. The molecule has 0 spiro atoms. The number of hydrogen-bond donors (Lipinski definition) is 0. The van der Waals surface area contributed by atoms with Gasteiger partial charge >= 0.3 is 0 Å². The molecule has 0 saturated heterocycles. The fourth-order valence-electron chi connectivity index (χ4n) is 2.23. The molecule has 0 heterocycles. The number of carbonyl (C=O) groups excluding carboxylic acids is 1. The Kier molecular flexibility index (Phi) is 5.32. The molecule has 3 nitrogen and oxygen atoms in total. The second-order valence-electron chi connectivity index (χ2n) is 5.64. The van der Waals surface area contributed by atoms with Gasteiger partial charge in [0.05, 0.1) is 10.1 Å². The fourth-order valence-corrected chi connectivity index (χ4v) is 4.55. The number of aryl methyl sites for hydroxylation is 2. The summed E-state index contributed by atoms with van der Waals surface area (Å²) in [7, 11) is -3.31. The standard InChI is InChI=1S/C18H20O3S2/c1-12-9-10-15(11-13(12)2)18(19)14(3)22-16-7-5-6-8-17(16)23(4,20)21/h5-11,14H,1-4H3/t14-/m0/s1. The molecule has 122 valence electrons. The summed E-state index contributed by atoms with van der Waals surface area (Å²) in [4.78, 5) is 13.5. The lowest BCUT2D eigenvalue weighted by Crippen LogP contribution is -2.14. The van der Waals surface area contributed by atoms with Crippen LogP contribution in [-0.4, -0.2) is 25.7 Å². The van der Waals surface area contributed by atoms with Gasteiger partial charge in [-0.05, 0) is 50.1 Å². The summed E-state index contributed by atoms with van der Waals surface area (Å²) >= 11 is 1.28. The van der Waals surface area contributed by atoms with E-state index in [0.29, 0.717) is 10.5 Å². The summed E-state index contributed by atoms with van der Waals surface area (Å²) in [5.74, 6) is 0.00130. The molecule has 2 aromatic rings. The summed E-state index contributed by atoms with van der Waals surface area (Å²) in [5, 5.41) is -0.361. The molecular formula is C18H20O3S2. The monoisotopic (exact) mass is 348 g/mol. The molecule has 0 saturated carbocycles. The maximum atomic E-state index is 12.6. The predicted octanol–water partition coefficient (Wildman–Crippen LogP) is 4.07. The van der Waals surface area contributed by atoms with E-state index in [4.69, 9.17) is 0 Å². The van der Waals surface area contributed by atoms with E-state index in [0.717, 1.165) is 11.1 Å². The van der Waals surface area contributed by atoms with Gasteiger partial charge in [-0.1, -0.05) is 24.3 Å². The van der Waals surface area contributed by atoms with Crippen molar-refractivity contribution in [3.05, 3.63) is 59.2 Å². The minimum atomic E-state index is -3.31. The lowest BCUT2D eigenvalue weighted by atomic mass is 10.0. The van der Waals surface area contributed by atoms with Gasteiger partial charge in [0.25, 0.3) is 0 Å². The Bertz CT molecular complexity index is 839. The fraction of sp³-hybridized carbons (Fsp3) is 0.278. The molecule has 0 bridgehead atoms. The van der Waals surface area contributed by atoms with Crippen molar-refractivity contribution in [2.75, 3.05) is 6.26 Å². The molecule has 0 amide bonds. The lowest BCUT2D eigenvalue weighted by Gasteiger charge is -2.13. The van der Waals surface area contributed by atoms with E-state index in [2.05, 4.69) is 0 Å². The molecule has 23 heavy (non-hydrogen) atoms. The number of sulfone groups is 1. The Morgan fingerprint density at radius 1 is 1.04 bits per heavy atom. The highest BCUT2D eigenvalue weighted by molar-refractivity contribution is 8.01. The molecule has 2 aromatic carbocycles. The normalized spacial score (nSPS) is 12.9. The summed E-state index contributed by atoms with van der Waals surface area (Å²) < 4.78 is 23.7. The van der Waals surface area contributed by atoms with E-state index in [9.17, 15) is 13.2 Å². The van der Waals surface area contributed by atoms with E-state index in [-0.39, 0.29) is 15.9 Å².